The van der Waals surface area contributed by atoms with Crippen LogP contribution < -0.4 is 5.32 Å². The number of carbonyl (C=O) groups is 1. The third-order valence-electron chi connectivity index (χ3n) is 2.79. The Bertz CT molecular complexity index is 554. The van der Waals surface area contributed by atoms with Gasteiger partial charge in [0.25, 0.3) is 0 Å². The van der Waals surface area contributed by atoms with Crippen molar-refractivity contribution in [3.8, 4) is 0 Å². The van der Waals surface area contributed by atoms with Crippen molar-refractivity contribution in [1.29, 1.82) is 0 Å². The van der Waals surface area contributed by atoms with E-state index in [1.165, 1.54) is 4.68 Å². The molecule has 0 radical (unpaired) electrons. The number of aromatic nitrogens is 4. The van der Waals surface area contributed by atoms with Crippen LogP contribution in [-0.2, 0) is 0 Å². The van der Waals surface area contributed by atoms with Gasteiger partial charge in [0.1, 0.15) is 5.52 Å². The maximum absolute atomic E-state index is 12.2. The summed E-state index contributed by atoms with van der Waals surface area (Å²) in [6, 6.07) is 3.43. The lowest BCUT2D eigenvalue weighted by Crippen LogP contribution is -2.48. The Labute approximate surface area is 122 Å². The van der Waals surface area contributed by atoms with Crippen molar-refractivity contribution in [1.82, 2.24) is 30.2 Å². The maximum Gasteiger partial charge on any atom is 0.346 e. The molecule has 1 fully saturated rings. The summed E-state index contributed by atoms with van der Waals surface area (Å²) >= 11 is 0. The van der Waals surface area contributed by atoms with E-state index in [2.05, 4.69) is 20.6 Å². The largest absolute Gasteiger partial charge is 0.346 e. The molecule has 104 valence electrons. The standard InChI is InChI=1S/C10H12N6O.2ClH/c17-10(15-6-4-11-5-7-15)16-8-2-1-3-12-9(8)13-14-16;;/h1-3,11H,4-7H2;2*1H. The molecule has 2 aromatic rings. The van der Waals surface area contributed by atoms with Gasteiger partial charge in [-0.15, -0.1) is 29.9 Å². The summed E-state index contributed by atoms with van der Waals surface area (Å²) in [6.45, 7) is 3.02. The van der Waals surface area contributed by atoms with E-state index in [1.54, 1.807) is 23.2 Å². The lowest BCUT2D eigenvalue weighted by atomic mass is 10.4. The highest BCUT2D eigenvalue weighted by Crippen LogP contribution is 2.08. The zero-order chi connectivity index (χ0) is 11.7. The van der Waals surface area contributed by atoms with E-state index in [0.29, 0.717) is 24.3 Å². The third kappa shape index (κ3) is 2.94. The summed E-state index contributed by atoms with van der Waals surface area (Å²) in [4.78, 5) is 18.0. The average molecular weight is 305 g/mol. The summed E-state index contributed by atoms with van der Waals surface area (Å²) < 4.78 is 1.31. The topological polar surface area (TPSA) is 75.9 Å². The number of pyridine rings is 1. The van der Waals surface area contributed by atoms with Crippen LogP contribution in [0.1, 0.15) is 0 Å². The van der Waals surface area contributed by atoms with Crippen molar-refractivity contribution < 1.29 is 4.79 Å². The van der Waals surface area contributed by atoms with Crippen LogP contribution in [0.2, 0.25) is 0 Å². The Morgan fingerprint density at radius 1 is 1.26 bits per heavy atom. The molecular weight excluding hydrogens is 291 g/mol. The highest BCUT2D eigenvalue weighted by atomic mass is 35.5. The molecule has 1 N–H and O–H groups in total. The normalized spacial score (nSPS) is 14.6. The molecule has 0 aliphatic carbocycles. The van der Waals surface area contributed by atoms with Crippen molar-refractivity contribution in [3.05, 3.63) is 18.3 Å². The summed E-state index contributed by atoms with van der Waals surface area (Å²) in [7, 11) is 0. The van der Waals surface area contributed by atoms with Gasteiger partial charge in [-0.1, -0.05) is 5.21 Å². The second kappa shape index (κ2) is 6.65. The lowest BCUT2D eigenvalue weighted by Gasteiger charge is -2.26. The van der Waals surface area contributed by atoms with Gasteiger partial charge in [0, 0.05) is 32.4 Å². The molecule has 1 saturated heterocycles. The fourth-order valence-corrected chi connectivity index (χ4v) is 1.90. The third-order valence-corrected chi connectivity index (χ3v) is 2.79. The van der Waals surface area contributed by atoms with Gasteiger partial charge in [-0.3, -0.25) is 0 Å². The average Bonchev–Trinajstić information content (AvgIpc) is 2.83. The van der Waals surface area contributed by atoms with Crippen molar-refractivity contribution in [2.75, 3.05) is 26.2 Å². The van der Waals surface area contributed by atoms with Gasteiger partial charge >= 0.3 is 6.03 Å². The molecule has 7 nitrogen and oxygen atoms in total. The van der Waals surface area contributed by atoms with Crippen LogP contribution >= 0.6 is 24.8 Å². The van der Waals surface area contributed by atoms with Crippen molar-refractivity contribution in [3.63, 3.8) is 0 Å². The molecule has 0 unspecified atom stereocenters. The van der Waals surface area contributed by atoms with Crippen LogP contribution in [0.15, 0.2) is 18.3 Å². The number of piperazine rings is 1. The zero-order valence-corrected chi connectivity index (χ0v) is 11.7. The molecule has 9 heteroatoms. The second-order valence-electron chi connectivity index (χ2n) is 3.87. The second-order valence-corrected chi connectivity index (χ2v) is 3.87. The highest BCUT2D eigenvalue weighted by Gasteiger charge is 2.20. The van der Waals surface area contributed by atoms with E-state index in [0.717, 1.165) is 13.1 Å². The first kappa shape index (κ1) is 15.6. The molecule has 1 amide bonds. The monoisotopic (exact) mass is 304 g/mol. The van der Waals surface area contributed by atoms with Crippen molar-refractivity contribution in [2.45, 2.75) is 0 Å². The van der Waals surface area contributed by atoms with Crippen LogP contribution in [0.5, 0.6) is 0 Å². The van der Waals surface area contributed by atoms with Crippen LogP contribution in [0.4, 0.5) is 4.79 Å². The van der Waals surface area contributed by atoms with Gasteiger partial charge in [0.05, 0.1) is 0 Å². The van der Waals surface area contributed by atoms with Gasteiger partial charge < -0.3 is 10.2 Å². The minimum absolute atomic E-state index is 0. The van der Waals surface area contributed by atoms with Gasteiger partial charge in [0.2, 0.25) is 5.65 Å². The van der Waals surface area contributed by atoms with E-state index in [9.17, 15) is 4.79 Å². The molecule has 3 rings (SSSR count). The minimum atomic E-state index is -0.137. The summed E-state index contributed by atoms with van der Waals surface area (Å²) in [5, 5.41) is 10.9. The van der Waals surface area contributed by atoms with E-state index in [4.69, 9.17) is 0 Å². The molecule has 0 saturated carbocycles. The first-order valence-corrected chi connectivity index (χ1v) is 5.53. The number of fused-ring (bicyclic) bond motifs is 1. The Hall–Kier alpha value is -1.44. The smallest absolute Gasteiger partial charge is 0.320 e. The fourth-order valence-electron chi connectivity index (χ4n) is 1.90. The molecule has 0 spiro atoms. The molecule has 0 atom stereocenters. The Morgan fingerprint density at radius 2 is 2.00 bits per heavy atom. The van der Waals surface area contributed by atoms with Crippen molar-refractivity contribution >= 4 is 42.0 Å². The number of hydrogen-bond acceptors (Lipinski definition) is 5. The number of nitrogens with zero attached hydrogens (tertiary/aromatic N) is 5. The number of rotatable bonds is 0. The Balaban J connectivity index is 0.000000902. The summed E-state index contributed by atoms with van der Waals surface area (Å²) in [5.41, 5.74) is 1.15. The molecule has 0 bridgehead atoms. The lowest BCUT2D eigenvalue weighted by molar-refractivity contribution is 0.189. The van der Waals surface area contributed by atoms with Crippen LogP contribution in [0.3, 0.4) is 0 Å². The minimum Gasteiger partial charge on any atom is -0.320 e. The first-order valence-electron chi connectivity index (χ1n) is 5.53. The number of carbonyl (C=O) groups excluding carboxylic acids is 1. The molecule has 1 aliphatic heterocycles. The summed E-state index contributed by atoms with van der Waals surface area (Å²) in [5.74, 6) is 0. The van der Waals surface area contributed by atoms with Gasteiger partial charge in [-0.2, -0.15) is 4.68 Å². The predicted octanol–water partition coefficient (Wildman–Crippen LogP) is 0.543. The Morgan fingerprint density at radius 3 is 2.74 bits per heavy atom. The van der Waals surface area contributed by atoms with Gasteiger partial charge in [0.15, 0.2) is 0 Å². The van der Waals surface area contributed by atoms with Crippen LogP contribution in [0.25, 0.3) is 11.2 Å². The van der Waals surface area contributed by atoms with Crippen LogP contribution in [-0.4, -0.2) is 57.1 Å². The number of nitrogens with one attached hydrogen (secondary N) is 1. The van der Waals surface area contributed by atoms with E-state index < -0.39 is 0 Å². The van der Waals surface area contributed by atoms with E-state index >= 15 is 0 Å². The molecule has 19 heavy (non-hydrogen) atoms. The number of halogens is 2. The molecule has 0 aromatic carbocycles. The molecule has 1 aliphatic rings. The molecule has 2 aromatic heterocycles. The molecule has 3 heterocycles. The Kier molecular flexibility index (Phi) is 5.46. The zero-order valence-electron chi connectivity index (χ0n) is 10.0. The highest BCUT2D eigenvalue weighted by molar-refractivity contribution is 5.86. The van der Waals surface area contributed by atoms with E-state index in [-0.39, 0.29) is 30.8 Å². The quantitative estimate of drug-likeness (QED) is 0.769. The van der Waals surface area contributed by atoms with Gasteiger partial charge in [-0.05, 0) is 12.1 Å². The number of hydrogen-bond donors (Lipinski definition) is 1. The maximum atomic E-state index is 12.2. The van der Waals surface area contributed by atoms with Crippen LogP contribution in [0, 0.1) is 0 Å². The predicted molar refractivity (Wildman–Crippen MR) is 75.1 cm³/mol. The SMILES string of the molecule is Cl.Cl.O=C(N1CCNCC1)n1nnc2ncccc21. The van der Waals surface area contributed by atoms with Gasteiger partial charge in [-0.25, -0.2) is 9.78 Å². The first-order chi connectivity index (χ1) is 8.36. The number of amides is 1. The molecular formula is C10H14Cl2N6O. The fraction of sp³-hybridized carbons (Fsp3) is 0.400. The van der Waals surface area contributed by atoms with Crippen molar-refractivity contribution in [2.24, 2.45) is 0 Å². The summed E-state index contributed by atoms with van der Waals surface area (Å²) in [6.07, 6.45) is 1.64. The van der Waals surface area contributed by atoms with E-state index in [1.807, 2.05) is 0 Å².